The number of carbonyl (C=O) groups excluding carboxylic acids is 1. The predicted molar refractivity (Wildman–Crippen MR) is 115 cm³/mol. The first-order chi connectivity index (χ1) is 13.8. The number of rotatable bonds is 3. The van der Waals surface area contributed by atoms with Crippen LogP contribution in [0.1, 0.15) is 42.3 Å². The molecular formula is C23H25N3OS. The normalized spacial score (nSPS) is 20.3. The highest BCUT2D eigenvalue weighted by Crippen LogP contribution is 2.36. The largest absolute Gasteiger partial charge is 0.311 e. The number of hydrogen-bond donors (Lipinski definition) is 0. The summed E-state index contributed by atoms with van der Waals surface area (Å²) in [5.74, 6) is 0.222. The standard InChI is InChI=1S/C23H25N3OS/c27-22(26-15-7-9-17-8-1-3-11-19(17)26)16-25-14-6-5-12-20(25)23-24-18-10-2-4-13-21(18)28-23/h1-4,8,10-11,13,20H,5-7,9,12,14-16H2. The third kappa shape index (κ3) is 3.33. The fraction of sp³-hybridized carbons (Fsp3) is 0.391. The monoisotopic (exact) mass is 391 g/mol. The highest BCUT2D eigenvalue weighted by molar-refractivity contribution is 7.18. The van der Waals surface area contributed by atoms with Crippen LogP contribution in [0.2, 0.25) is 0 Å². The van der Waals surface area contributed by atoms with E-state index in [9.17, 15) is 4.79 Å². The van der Waals surface area contributed by atoms with Crippen molar-refractivity contribution in [1.82, 2.24) is 9.88 Å². The molecule has 1 fully saturated rings. The van der Waals surface area contributed by atoms with E-state index in [-0.39, 0.29) is 11.9 Å². The van der Waals surface area contributed by atoms with Crippen molar-refractivity contribution in [2.75, 3.05) is 24.5 Å². The minimum Gasteiger partial charge on any atom is -0.311 e. The Morgan fingerprint density at radius 2 is 1.89 bits per heavy atom. The van der Waals surface area contributed by atoms with Gasteiger partial charge in [-0.25, -0.2) is 4.98 Å². The Morgan fingerprint density at radius 3 is 2.82 bits per heavy atom. The van der Waals surface area contributed by atoms with Gasteiger partial charge in [-0.05, 0) is 56.0 Å². The predicted octanol–water partition coefficient (Wildman–Crippen LogP) is 4.80. The number of piperidine rings is 1. The number of anilines is 1. The van der Waals surface area contributed by atoms with Crippen molar-refractivity contribution in [3.8, 4) is 0 Å². The molecule has 1 amide bonds. The number of thiazole rings is 1. The van der Waals surface area contributed by atoms with Crippen LogP contribution in [0.25, 0.3) is 10.2 Å². The van der Waals surface area contributed by atoms with Crippen LogP contribution in [0, 0.1) is 0 Å². The van der Waals surface area contributed by atoms with Crippen LogP contribution in [-0.2, 0) is 11.2 Å². The van der Waals surface area contributed by atoms with Gasteiger partial charge in [0.1, 0.15) is 5.01 Å². The van der Waals surface area contributed by atoms with E-state index in [0.717, 1.165) is 55.0 Å². The summed E-state index contributed by atoms with van der Waals surface area (Å²) in [6.45, 7) is 2.28. The first-order valence-corrected chi connectivity index (χ1v) is 11.1. The third-order valence-electron chi connectivity index (χ3n) is 5.96. The van der Waals surface area contributed by atoms with Gasteiger partial charge in [-0.1, -0.05) is 36.8 Å². The molecule has 1 atom stereocenters. The molecule has 1 unspecified atom stereocenters. The van der Waals surface area contributed by atoms with Crippen molar-refractivity contribution in [3.05, 3.63) is 59.1 Å². The Balaban J connectivity index is 1.38. The van der Waals surface area contributed by atoms with E-state index in [0.29, 0.717) is 6.54 Å². The van der Waals surface area contributed by atoms with Crippen LogP contribution < -0.4 is 4.90 Å². The summed E-state index contributed by atoms with van der Waals surface area (Å²) in [7, 11) is 0. The average Bonchev–Trinajstić information content (AvgIpc) is 3.18. The number of carbonyl (C=O) groups is 1. The van der Waals surface area contributed by atoms with Crippen LogP contribution in [0.4, 0.5) is 5.69 Å². The van der Waals surface area contributed by atoms with Gasteiger partial charge < -0.3 is 4.90 Å². The molecular weight excluding hydrogens is 366 g/mol. The second-order valence-corrected chi connectivity index (χ2v) is 8.84. The Bertz CT molecular complexity index is 965. The van der Waals surface area contributed by atoms with Gasteiger partial charge in [-0.3, -0.25) is 9.69 Å². The Morgan fingerprint density at radius 1 is 1.04 bits per heavy atom. The molecule has 3 heterocycles. The molecule has 0 bridgehead atoms. The quantitative estimate of drug-likeness (QED) is 0.643. The molecule has 0 N–H and O–H groups in total. The third-order valence-corrected chi connectivity index (χ3v) is 7.10. The lowest BCUT2D eigenvalue weighted by Gasteiger charge is -2.36. The number of amides is 1. The molecule has 28 heavy (non-hydrogen) atoms. The molecule has 4 nitrogen and oxygen atoms in total. The summed E-state index contributed by atoms with van der Waals surface area (Å²) >= 11 is 1.78. The first kappa shape index (κ1) is 17.8. The fourth-order valence-corrected chi connectivity index (χ4v) is 5.68. The Hall–Kier alpha value is -2.24. The van der Waals surface area contributed by atoms with Crippen LogP contribution in [0.3, 0.4) is 0 Å². The van der Waals surface area contributed by atoms with Crippen molar-refractivity contribution in [3.63, 3.8) is 0 Å². The Labute approximate surface area is 169 Å². The molecule has 0 saturated carbocycles. The lowest BCUT2D eigenvalue weighted by molar-refractivity contribution is -0.120. The fourth-order valence-electron chi connectivity index (χ4n) is 4.54. The topological polar surface area (TPSA) is 36.4 Å². The molecule has 0 radical (unpaired) electrons. The van der Waals surface area contributed by atoms with Gasteiger partial charge in [0.05, 0.1) is 22.8 Å². The summed E-state index contributed by atoms with van der Waals surface area (Å²) in [6.07, 6.45) is 5.56. The number of para-hydroxylation sites is 2. The van der Waals surface area contributed by atoms with Crippen molar-refractivity contribution in [2.24, 2.45) is 0 Å². The van der Waals surface area contributed by atoms with Gasteiger partial charge in [0.25, 0.3) is 0 Å². The van der Waals surface area contributed by atoms with E-state index in [1.165, 1.54) is 16.7 Å². The summed E-state index contributed by atoms with van der Waals surface area (Å²) in [4.78, 5) is 22.5. The van der Waals surface area contributed by atoms with E-state index >= 15 is 0 Å². The number of nitrogens with zero attached hydrogens (tertiary/aromatic N) is 3. The number of hydrogen-bond acceptors (Lipinski definition) is 4. The summed E-state index contributed by atoms with van der Waals surface area (Å²) < 4.78 is 1.24. The zero-order valence-electron chi connectivity index (χ0n) is 16.0. The van der Waals surface area contributed by atoms with Crippen molar-refractivity contribution in [2.45, 2.75) is 38.1 Å². The van der Waals surface area contributed by atoms with Crippen LogP contribution >= 0.6 is 11.3 Å². The van der Waals surface area contributed by atoms with Gasteiger partial charge in [0, 0.05) is 12.2 Å². The van der Waals surface area contributed by atoms with Crippen molar-refractivity contribution >= 4 is 33.1 Å². The highest BCUT2D eigenvalue weighted by atomic mass is 32.1. The lowest BCUT2D eigenvalue weighted by Crippen LogP contribution is -2.45. The van der Waals surface area contributed by atoms with Crippen LogP contribution in [0.15, 0.2) is 48.5 Å². The number of benzene rings is 2. The molecule has 1 saturated heterocycles. The number of fused-ring (bicyclic) bond motifs is 2. The molecule has 0 spiro atoms. The van der Waals surface area contributed by atoms with Gasteiger partial charge in [0.2, 0.25) is 5.91 Å². The molecule has 144 valence electrons. The first-order valence-electron chi connectivity index (χ1n) is 10.3. The average molecular weight is 392 g/mol. The molecule has 0 aliphatic carbocycles. The second kappa shape index (κ2) is 7.64. The maximum atomic E-state index is 13.2. The molecule has 5 heteroatoms. The van der Waals surface area contributed by atoms with Crippen molar-refractivity contribution < 1.29 is 4.79 Å². The Kier molecular flexibility index (Phi) is 4.87. The van der Waals surface area contributed by atoms with Crippen LogP contribution in [-0.4, -0.2) is 35.4 Å². The van der Waals surface area contributed by atoms with E-state index in [2.05, 4.69) is 41.3 Å². The molecule has 2 aliphatic heterocycles. The minimum atomic E-state index is 0.222. The molecule has 5 rings (SSSR count). The zero-order valence-corrected chi connectivity index (χ0v) is 16.8. The van der Waals surface area contributed by atoms with E-state index in [1.54, 1.807) is 11.3 Å². The number of aromatic nitrogens is 1. The van der Waals surface area contributed by atoms with Gasteiger partial charge in [-0.2, -0.15) is 0 Å². The zero-order chi connectivity index (χ0) is 18.9. The summed E-state index contributed by atoms with van der Waals surface area (Å²) in [6, 6.07) is 16.9. The molecule has 2 aromatic carbocycles. The molecule has 2 aliphatic rings. The van der Waals surface area contributed by atoms with E-state index in [1.807, 2.05) is 17.0 Å². The summed E-state index contributed by atoms with van der Waals surface area (Å²) in [5, 5.41) is 1.16. The highest BCUT2D eigenvalue weighted by Gasteiger charge is 2.31. The number of likely N-dealkylation sites (tertiary alicyclic amines) is 1. The van der Waals surface area contributed by atoms with E-state index < -0.39 is 0 Å². The maximum Gasteiger partial charge on any atom is 0.241 e. The van der Waals surface area contributed by atoms with Crippen LogP contribution in [0.5, 0.6) is 0 Å². The second-order valence-electron chi connectivity index (χ2n) is 7.78. The minimum absolute atomic E-state index is 0.222. The van der Waals surface area contributed by atoms with Gasteiger partial charge in [0.15, 0.2) is 0 Å². The summed E-state index contributed by atoms with van der Waals surface area (Å²) in [5.41, 5.74) is 3.47. The van der Waals surface area contributed by atoms with Crippen molar-refractivity contribution in [1.29, 1.82) is 0 Å². The lowest BCUT2D eigenvalue weighted by atomic mass is 10.0. The maximum absolute atomic E-state index is 13.2. The van der Waals surface area contributed by atoms with Gasteiger partial charge >= 0.3 is 0 Å². The van der Waals surface area contributed by atoms with Gasteiger partial charge in [-0.15, -0.1) is 11.3 Å². The molecule has 3 aromatic rings. The van der Waals surface area contributed by atoms with E-state index in [4.69, 9.17) is 4.98 Å². The molecule has 1 aromatic heterocycles. The number of aryl methyl sites for hydroxylation is 1. The SMILES string of the molecule is O=C(CN1CCCCC1c1nc2ccccc2s1)N1CCCc2ccccc21. The smallest absolute Gasteiger partial charge is 0.241 e.